The number of carbonyl (C=O) groups is 2. The van der Waals surface area contributed by atoms with Crippen molar-refractivity contribution in [3.05, 3.63) is 70.1 Å². The number of carbonyl (C=O) groups excluding carboxylic acids is 2. The molecule has 1 aromatic heterocycles. The highest BCUT2D eigenvalue weighted by Gasteiger charge is 2.39. The minimum absolute atomic E-state index is 0.0717. The van der Waals surface area contributed by atoms with E-state index in [1.54, 1.807) is 0 Å². The topological polar surface area (TPSA) is 51.5 Å². The van der Waals surface area contributed by atoms with Crippen LogP contribution in [0.3, 0.4) is 0 Å². The number of hydrogen-bond donors (Lipinski definition) is 0. The normalized spacial score (nSPS) is 20.6. The largest absolute Gasteiger partial charge is 0.447 e. The van der Waals surface area contributed by atoms with Gasteiger partial charge in [-0.15, -0.1) is 0 Å². The first-order valence-electron chi connectivity index (χ1n) is 10.0. The second kappa shape index (κ2) is 7.54. The van der Waals surface area contributed by atoms with Gasteiger partial charge < -0.3 is 9.30 Å². The molecule has 2 aliphatic heterocycles. The zero-order valence-electron chi connectivity index (χ0n) is 16.2. The van der Waals surface area contributed by atoms with E-state index in [1.807, 2.05) is 36.4 Å². The quantitative estimate of drug-likeness (QED) is 0.538. The number of halogens is 2. The highest BCUT2D eigenvalue weighted by Crippen LogP contribution is 2.39. The Morgan fingerprint density at radius 3 is 2.77 bits per heavy atom. The molecule has 3 aromatic rings. The Bertz CT molecular complexity index is 1140. The third kappa shape index (κ3) is 3.31. The van der Waals surface area contributed by atoms with Gasteiger partial charge in [0.1, 0.15) is 12.4 Å². The van der Waals surface area contributed by atoms with E-state index in [9.17, 15) is 14.0 Å². The van der Waals surface area contributed by atoms with Gasteiger partial charge in [0.2, 0.25) is 5.91 Å². The van der Waals surface area contributed by atoms with Gasteiger partial charge in [-0.25, -0.2) is 14.1 Å². The molecule has 2 aromatic carbocycles. The number of aromatic nitrogens is 1. The lowest BCUT2D eigenvalue weighted by Gasteiger charge is -2.22. The Morgan fingerprint density at radius 2 is 1.97 bits per heavy atom. The van der Waals surface area contributed by atoms with Crippen LogP contribution < -0.4 is 0 Å². The summed E-state index contributed by atoms with van der Waals surface area (Å²) in [6.45, 7) is 0.215. The van der Waals surface area contributed by atoms with Gasteiger partial charge in [-0.1, -0.05) is 30.3 Å². The number of aryl methyl sites for hydroxylation is 1. The summed E-state index contributed by atoms with van der Waals surface area (Å²) < 4.78 is 21.8. The molecular formula is C23H20BrFN2O3. The van der Waals surface area contributed by atoms with Crippen molar-refractivity contribution in [1.29, 1.82) is 0 Å². The molecule has 7 heteroatoms. The maximum absolute atomic E-state index is 13.8. The van der Waals surface area contributed by atoms with E-state index in [0.717, 1.165) is 35.0 Å². The van der Waals surface area contributed by atoms with Crippen LogP contribution in [-0.2, 0) is 22.4 Å². The highest BCUT2D eigenvalue weighted by atomic mass is 79.9. The van der Waals surface area contributed by atoms with Crippen molar-refractivity contribution in [2.45, 2.75) is 37.8 Å². The van der Waals surface area contributed by atoms with Gasteiger partial charge in [-0.05, 0) is 59.0 Å². The smallest absolute Gasteiger partial charge is 0.416 e. The number of benzene rings is 2. The van der Waals surface area contributed by atoms with Crippen molar-refractivity contribution < 1.29 is 18.7 Å². The second-order valence-electron chi connectivity index (χ2n) is 7.91. The van der Waals surface area contributed by atoms with E-state index in [-0.39, 0.29) is 36.8 Å². The first-order chi connectivity index (χ1) is 14.5. The van der Waals surface area contributed by atoms with E-state index < -0.39 is 6.09 Å². The van der Waals surface area contributed by atoms with Crippen molar-refractivity contribution in [3.63, 3.8) is 0 Å². The number of cyclic esters (lactones) is 1. The molecule has 0 N–H and O–H groups in total. The maximum atomic E-state index is 13.8. The van der Waals surface area contributed by atoms with Gasteiger partial charge in [0.25, 0.3) is 0 Å². The molecule has 0 saturated carbocycles. The molecule has 2 atom stereocenters. The molecule has 154 valence electrons. The molecule has 30 heavy (non-hydrogen) atoms. The Labute approximate surface area is 181 Å². The molecule has 2 amide bonds. The summed E-state index contributed by atoms with van der Waals surface area (Å²) in [6.07, 6.45) is 1.85. The van der Waals surface area contributed by atoms with Gasteiger partial charge in [0.15, 0.2) is 0 Å². The zero-order valence-corrected chi connectivity index (χ0v) is 17.8. The lowest BCUT2D eigenvalue weighted by atomic mass is 10.0. The van der Waals surface area contributed by atoms with Gasteiger partial charge in [-0.3, -0.25) is 4.79 Å². The van der Waals surface area contributed by atoms with Crippen molar-refractivity contribution in [2.75, 3.05) is 6.61 Å². The molecule has 0 radical (unpaired) electrons. The predicted octanol–water partition coefficient (Wildman–Crippen LogP) is 5.01. The van der Waals surface area contributed by atoms with Crippen molar-refractivity contribution in [3.8, 4) is 0 Å². The average molecular weight is 471 g/mol. The van der Waals surface area contributed by atoms with Gasteiger partial charge in [0.05, 0.1) is 11.6 Å². The SMILES string of the molecule is O=C(CC1CCc2cc3cc(F)cc(Br)c3n21)N1C(=O)OC[C@@H]1Cc1ccccc1. The summed E-state index contributed by atoms with van der Waals surface area (Å²) in [5, 5.41) is 0.816. The summed E-state index contributed by atoms with van der Waals surface area (Å²) in [4.78, 5) is 26.8. The third-order valence-electron chi connectivity index (χ3n) is 5.98. The molecule has 1 unspecified atom stereocenters. The number of fused-ring (bicyclic) bond motifs is 3. The summed E-state index contributed by atoms with van der Waals surface area (Å²) in [6, 6.07) is 14.4. The molecule has 0 aliphatic carbocycles. The van der Waals surface area contributed by atoms with E-state index >= 15 is 0 Å². The van der Waals surface area contributed by atoms with Crippen molar-refractivity contribution >= 4 is 38.8 Å². The van der Waals surface area contributed by atoms with Crippen LogP contribution in [0.2, 0.25) is 0 Å². The molecule has 5 rings (SSSR count). The minimum atomic E-state index is -0.570. The lowest BCUT2D eigenvalue weighted by molar-refractivity contribution is -0.129. The number of nitrogens with zero attached hydrogens (tertiary/aromatic N) is 2. The standard InChI is InChI=1S/C23H20BrFN2O3/c24-20-11-16(25)9-15-10-17-6-7-18(26(17)22(15)20)12-21(28)27-19(13-30-23(27)29)8-14-4-2-1-3-5-14/h1-5,9-11,18-19H,6-8,12-13H2/t18?,19-/m0/s1. The number of hydrogen-bond acceptors (Lipinski definition) is 3. The fraction of sp³-hybridized carbons (Fsp3) is 0.304. The third-order valence-corrected chi connectivity index (χ3v) is 6.59. The van der Waals surface area contributed by atoms with Crippen molar-refractivity contribution in [2.24, 2.45) is 0 Å². The molecule has 3 heterocycles. The van der Waals surface area contributed by atoms with E-state index in [1.165, 1.54) is 17.0 Å². The predicted molar refractivity (Wildman–Crippen MR) is 114 cm³/mol. The molecule has 5 nitrogen and oxygen atoms in total. The van der Waals surface area contributed by atoms with Crippen molar-refractivity contribution in [1.82, 2.24) is 9.47 Å². The van der Waals surface area contributed by atoms with Crippen LogP contribution in [-0.4, -0.2) is 34.1 Å². The van der Waals surface area contributed by atoms with E-state index in [4.69, 9.17) is 4.74 Å². The summed E-state index contributed by atoms with van der Waals surface area (Å²) >= 11 is 3.47. The molecule has 0 spiro atoms. The molecule has 1 fully saturated rings. The van der Waals surface area contributed by atoms with Crippen LogP contribution in [0.5, 0.6) is 0 Å². The number of amides is 2. The van der Waals surface area contributed by atoms with Crippen LogP contribution in [0.25, 0.3) is 10.9 Å². The summed E-state index contributed by atoms with van der Waals surface area (Å²) in [5.74, 6) is -0.522. The van der Waals surface area contributed by atoms with Crippen LogP contribution >= 0.6 is 15.9 Å². The summed E-state index contributed by atoms with van der Waals surface area (Å²) in [5.41, 5.74) is 3.04. The Hall–Kier alpha value is -2.67. The second-order valence-corrected chi connectivity index (χ2v) is 8.77. The van der Waals surface area contributed by atoms with Crippen LogP contribution in [0.1, 0.15) is 30.1 Å². The zero-order chi connectivity index (χ0) is 20.8. The maximum Gasteiger partial charge on any atom is 0.416 e. The van der Waals surface area contributed by atoms with Crippen LogP contribution in [0.15, 0.2) is 53.0 Å². The first kappa shape index (κ1) is 19.3. The van der Waals surface area contributed by atoms with Crippen LogP contribution in [0.4, 0.5) is 9.18 Å². The molecule has 2 aliphatic rings. The van der Waals surface area contributed by atoms with Gasteiger partial charge >= 0.3 is 6.09 Å². The molecule has 1 saturated heterocycles. The first-order valence-corrected chi connectivity index (χ1v) is 10.8. The fourth-order valence-electron chi connectivity index (χ4n) is 4.69. The Kier molecular flexibility index (Phi) is 4.85. The monoisotopic (exact) mass is 470 g/mol. The minimum Gasteiger partial charge on any atom is -0.447 e. The van der Waals surface area contributed by atoms with Crippen LogP contribution in [0, 0.1) is 5.82 Å². The number of ether oxygens (including phenoxy) is 1. The van der Waals surface area contributed by atoms with Gasteiger partial charge in [0, 0.05) is 28.0 Å². The van der Waals surface area contributed by atoms with E-state index in [2.05, 4.69) is 20.5 Å². The van der Waals surface area contributed by atoms with E-state index in [0.29, 0.717) is 10.9 Å². The molecular weight excluding hydrogens is 451 g/mol. The Morgan fingerprint density at radius 1 is 1.17 bits per heavy atom. The summed E-state index contributed by atoms with van der Waals surface area (Å²) in [7, 11) is 0. The highest BCUT2D eigenvalue weighted by molar-refractivity contribution is 9.10. The number of rotatable bonds is 4. The lowest BCUT2D eigenvalue weighted by Crippen LogP contribution is -2.41. The number of imide groups is 1. The average Bonchev–Trinajstić information content (AvgIpc) is 3.37. The Balaban J connectivity index is 1.39. The molecule has 0 bridgehead atoms. The fourth-order valence-corrected chi connectivity index (χ4v) is 5.33. The van der Waals surface area contributed by atoms with Gasteiger partial charge in [-0.2, -0.15) is 0 Å².